The summed E-state index contributed by atoms with van der Waals surface area (Å²) < 4.78 is 26.0. The van der Waals surface area contributed by atoms with Gasteiger partial charge in [0.05, 0.1) is 10.7 Å². The van der Waals surface area contributed by atoms with Crippen LogP contribution in [0.3, 0.4) is 0 Å². The number of rotatable bonds is 2. The molecule has 0 spiro atoms. The van der Waals surface area contributed by atoms with Crippen LogP contribution in [0.1, 0.15) is 15.9 Å². The van der Waals surface area contributed by atoms with Crippen molar-refractivity contribution in [3.8, 4) is 0 Å². The molecule has 0 unspecified atom stereocenters. The quantitative estimate of drug-likeness (QED) is 0.879. The van der Waals surface area contributed by atoms with Gasteiger partial charge in [0.2, 0.25) is 0 Å². The average molecular weight is 282 g/mol. The maximum absolute atomic E-state index is 13.1. The molecule has 0 aromatic heterocycles. The van der Waals surface area contributed by atoms with Crippen LogP contribution < -0.4 is 5.32 Å². The first-order chi connectivity index (χ1) is 8.97. The number of amides is 1. The van der Waals surface area contributed by atoms with E-state index < -0.39 is 17.5 Å². The van der Waals surface area contributed by atoms with Gasteiger partial charge in [-0.05, 0) is 48.9 Å². The van der Waals surface area contributed by atoms with Crippen LogP contribution in [0.25, 0.3) is 0 Å². The first-order valence-corrected chi connectivity index (χ1v) is 5.88. The molecule has 1 N–H and O–H groups in total. The van der Waals surface area contributed by atoms with E-state index in [1.807, 2.05) is 0 Å². The number of benzene rings is 2. The second kappa shape index (κ2) is 5.36. The minimum atomic E-state index is -0.504. The van der Waals surface area contributed by atoms with Crippen LogP contribution >= 0.6 is 11.6 Å². The topological polar surface area (TPSA) is 29.1 Å². The number of anilines is 1. The first-order valence-electron chi connectivity index (χ1n) is 5.50. The van der Waals surface area contributed by atoms with Gasteiger partial charge in [0.1, 0.15) is 11.6 Å². The molecule has 98 valence electrons. The zero-order chi connectivity index (χ0) is 14.0. The molecule has 0 fully saturated rings. The summed E-state index contributed by atoms with van der Waals surface area (Å²) in [5.41, 5.74) is 0.974. The predicted octanol–water partition coefficient (Wildman–Crippen LogP) is 4.18. The fourth-order valence-electron chi connectivity index (χ4n) is 1.66. The number of hydrogen-bond donors (Lipinski definition) is 1. The van der Waals surface area contributed by atoms with Crippen molar-refractivity contribution in [2.45, 2.75) is 6.92 Å². The molecule has 0 aliphatic carbocycles. The van der Waals surface area contributed by atoms with Gasteiger partial charge in [-0.3, -0.25) is 4.79 Å². The van der Waals surface area contributed by atoms with Gasteiger partial charge in [0, 0.05) is 5.56 Å². The number of nitrogens with one attached hydrogen (secondary N) is 1. The summed E-state index contributed by atoms with van der Waals surface area (Å²) >= 11 is 5.85. The number of carbonyl (C=O) groups excluding carboxylic acids is 1. The standard InChI is InChI=1S/C14H10ClF2NO/c1-8-6-9(16)2-4-11(8)14(19)18-13-7-10(17)3-5-12(13)15/h2-7H,1H3,(H,18,19). The maximum atomic E-state index is 13.1. The predicted molar refractivity (Wildman–Crippen MR) is 70.5 cm³/mol. The average Bonchev–Trinajstić information content (AvgIpc) is 2.33. The highest BCUT2D eigenvalue weighted by molar-refractivity contribution is 6.33. The molecular weight excluding hydrogens is 272 g/mol. The molecule has 2 nitrogen and oxygen atoms in total. The van der Waals surface area contributed by atoms with E-state index in [4.69, 9.17) is 11.6 Å². The zero-order valence-corrected chi connectivity index (χ0v) is 10.8. The highest BCUT2D eigenvalue weighted by Crippen LogP contribution is 2.23. The summed E-state index contributed by atoms with van der Waals surface area (Å²) in [7, 11) is 0. The normalized spacial score (nSPS) is 10.3. The molecule has 2 aromatic carbocycles. The third kappa shape index (κ3) is 3.09. The Morgan fingerprint density at radius 3 is 2.42 bits per heavy atom. The summed E-state index contributed by atoms with van der Waals surface area (Å²) in [6.07, 6.45) is 0. The smallest absolute Gasteiger partial charge is 0.255 e. The van der Waals surface area contributed by atoms with Crippen molar-refractivity contribution in [2.24, 2.45) is 0 Å². The lowest BCUT2D eigenvalue weighted by Gasteiger charge is -2.09. The van der Waals surface area contributed by atoms with Gasteiger partial charge in [-0.1, -0.05) is 11.6 Å². The van der Waals surface area contributed by atoms with E-state index in [0.717, 1.165) is 6.07 Å². The number of aryl methyl sites for hydroxylation is 1. The molecule has 0 saturated heterocycles. The van der Waals surface area contributed by atoms with Gasteiger partial charge in [-0.15, -0.1) is 0 Å². The van der Waals surface area contributed by atoms with Crippen LogP contribution in [0.15, 0.2) is 36.4 Å². The minimum absolute atomic E-state index is 0.176. The highest BCUT2D eigenvalue weighted by Gasteiger charge is 2.12. The lowest BCUT2D eigenvalue weighted by Crippen LogP contribution is -2.14. The van der Waals surface area contributed by atoms with Gasteiger partial charge >= 0.3 is 0 Å². The molecule has 0 bridgehead atoms. The largest absolute Gasteiger partial charge is 0.321 e. The van der Waals surface area contributed by atoms with E-state index in [1.54, 1.807) is 6.92 Å². The van der Waals surface area contributed by atoms with E-state index in [2.05, 4.69) is 5.32 Å². The fraction of sp³-hybridized carbons (Fsp3) is 0.0714. The monoisotopic (exact) mass is 281 g/mol. The Morgan fingerprint density at radius 2 is 1.74 bits per heavy atom. The Balaban J connectivity index is 2.28. The summed E-state index contributed by atoms with van der Waals surface area (Å²) in [4.78, 5) is 12.0. The molecule has 0 radical (unpaired) electrons. The van der Waals surface area contributed by atoms with Crippen molar-refractivity contribution < 1.29 is 13.6 Å². The molecule has 0 saturated carbocycles. The molecule has 19 heavy (non-hydrogen) atoms. The van der Waals surface area contributed by atoms with Crippen LogP contribution in [0.4, 0.5) is 14.5 Å². The third-order valence-corrected chi connectivity index (χ3v) is 2.94. The van der Waals surface area contributed by atoms with Crippen molar-refractivity contribution in [1.29, 1.82) is 0 Å². The Morgan fingerprint density at radius 1 is 1.11 bits per heavy atom. The Kier molecular flexibility index (Phi) is 3.81. The number of halogens is 3. The highest BCUT2D eigenvalue weighted by atomic mass is 35.5. The van der Waals surface area contributed by atoms with Gasteiger partial charge in [0.15, 0.2) is 0 Å². The van der Waals surface area contributed by atoms with Crippen LogP contribution in [-0.2, 0) is 0 Å². The van der Waals surface area contributed by atoms with E-state index in [1.165, 1.54) is 30.3 Å². The first kappa shape index (κ1) is 13.5. The fourth-order valence-corrected chi connectivity index (χ4v) is 1.83. The summed E-state index contributed by atoms with van der Waals surface area (Å²) in [5.74, 6) is -1.39. The number of hydrogen-bond acceptors (Lipinski definition) is 1. The molecule has 0 aliphatic heterocycles. The number of carbonyl (C=O) groups is 1. The Labute approximate surface area is 114 Å². The molecule has 0 atom stereocenters. The molecule has 2 rings (SSSR count). The van der Waals surface area contributed by atoms with Crippen LogP contribution in [0.5, 0.6) is 0 Å². The Hall–Kier alpha value is -1.94. The maximum Gasteiger partial charge on any atom is 0.255 e. The molecule has 1 amide bonds. The van der Waals surface area contributed by atoms with Crippen LogP contribution in [0.2, 0.25) is 5.02 Å². The van der Waals surface area contributed by atoms with E-state index >= 15 is 0 Å². The molecule has 2 aromatic rings. The SMILES string of the molecule is Cc1cc(F)ccc1C(=O)Nc1cc(F)ccc1Cl. The van der Waals surface area contributed by atoms with Gasteiger partial charge in [0.25, 0.3) is 5.91 Å². The third-order valence-electron chi connectivity index (χ3n) is 2.61. The Bertz CT molecular complexity index is 643. The molecular formula is C14H10ClF2NO. The van der Waals surface area contributed by atoms with Gasteiger partial charge in [-0.2, -0.15) is 0 Å². The summed E-state index contributed by atoms with van der Waals surface area (Å²) in [5, 5.41) is 2.73. The minimum Gasteiger partial charge on any atom is -0.321 e. The van der Waals surface area contributed by atoms with Gasteiger partial charge < -0.3 is 5.32 Å². The van der Waals surface area contributed by atoms with Crippen LogP contribution in [-0.4, -0.2) is 5.91 Å². The van der Waals surface area contributed by atoms with Gasteiger partial charge in [-0.25, -0.2) is 8.78 Å². The van der Waals surface area contributed by atoms with Crippen LogP contribution in [0, 0.1) is 18.6 Å². The molecule has 0 heterocycles. The molecule has 5 heteroatoms. The van der Waals surface area contributed by atoms with Crippen molar-refractivity contribution in [2.75, 3.05) is 5.32 Å². The van der Waals surface area contributed by atoms with Crippen molar-refractivity contribution in [1.82, 2.24) is 0 Å². The molecule has 0 aliphatic rings. The second-order valence-corrected chi connectivity index (χ2v) is 4.44. The summed E-state index contributed by atoms with van der Waals surface area (Å²) in [6, 6.07) is 7.48. The van der Waals surface area contributed by atoms with E-state index in [0.29, 0.717) is 11.1 Å². The second-order valence-electron chi connectivity index (χ2n) is 4.04. The zero-order valence-electron chi connectivity index (χ0n) is 10.0. The van der Waals surface area contributed by atoms with Crippen molar-refractivity contribution >= 4 is 23.2 Å². The van der Waals surface area contributed by atoms with E-state index in [9.17, 15) is 13.6 Å². The van der Waals surface area contributed by atoms with E-state index in [-0.39, 0.29) is 10.7 Å². The van der Waals surface area contributed by atoms with Crippen molar-refractivity contribution in [3.05, 3.63) is 64.2 Å². The lowest BCUT2D eigenvalue weighted by molar-refractivity contribution is 0.102. The lowest BCUT2D eigenvalue weighted by atomic mass is 10.1. The van der Waals surface area contributed by atoms with Crippen molar-refractivity contribution in [3.63, 3.8) is 0 Å². The summed E-state index contributed by atoms with van der Waals surface area (Å²) in [6.45, 7) is 1.62.